The number of carbonyl (C=O) groups is 2. The summed E-state index contributed by atoms with van der Waals surface area (Å²) >= 11 is 0. The predicted molar refractivity (Wildman–Crippen MR) is 166 cm³/mol. The van der Waals surface area contributed by atoms with Gasteiger partial charge < -0.3 is 9.47 Å². The minimum absolute atomic E-state index is 0.0243. The maximum Gasteiger partial charge on any atom is 0.247 e. The van der Waals surface area contributed by atoms with Gasteiger partial charge in [0.1, 0.15) is 12.6 Å². The molecular weight excluding hydrogens is 518 g/mol. The number of benzene rings is 4. The molecule has 5 heteroatoms. The van der Waals surface area contributed by atoms with Gasteiger partial charge in [-0.1, -0.05) is 103 Å². The van der Waals surface area contributed by atoms with Crippen LogP contribution in [-0.4, -0.2) is 33.9 Å². The molecule has 208 valence electrons. The predicted octanol–water partition coefficient (Wildman–Crippen LogP) is 7.04. The molecule has 1 aliphatic heterocycles. The molecule has 42 heavy (non-hydrogen) atoms. The van der Waals surface area contributed by atoms with Crippen LogP contribution in [0, 0.1) is 6.92 Å². The first-order chi connectivity index (χ1) is 20.6. The fourth-order valence-electron chi connectivity index (χ4n) is 6.26. The second-order valence-electron chi connectivity index (χ2n) is 11.3. The molecule has 2 heterocycles. The molecule has 1 aliphatic carbocycles. The lowest BCUT2D eigenvalue weighted by atomic mass is 9.90. The van der Waals surface area contributed by atoms with Crippen LogP contribution < -0.4 is 4.90 Å². The summed E-state index contributed by atoms with van der Waals surface area (Å²) in [6.45, 7) is 2.09. The van der Waals surface area contributed by atoms with E-state index in [4.69, 9.17) is 0 Å². The molecule has 5 nitrogen and oxygen atoms in total. The van der Waals surface area contributed by atoms with Crippen molar-refractivity contribution in [2.45, 2.75) is 37.8 Å². The first-order valence-electron chi connectivity index (χ1n) is 14.7. The molecule has 0 N–H and O–H groups in total. The highest BCUT2D eigenvalue weighted by molar-refractivity contribution is 6.01. The fraction of sp³-hybridized carbons (Fsp3) is 0.189. The molecule has 1 unspecified atom stereocenters. The summed E-state index contributed by atoms with van der Waals surface area (Å²) in [4.78, 5) is 32.9. The Hall–Kier alpha value is -4.90. The quantitative estimate of drug-likeness (QED) is 0.218. The van der Waals surface area contributed by atoms with Gasteiger partial charge in [0.05, 0.1) is 23.0 Å². The number of aromatic nitrogens is 1. The van der Waals surface area contributed by atoms with Crippen molar-refractivity contribution in [1.82, 2.24) is 9.47 Å². The van der Waals surface area contributed by atoms with Gasteiger partial charge in [0.25, 0.3) is 0 Å². The summed E-state index contributed by atoms with van der Waals surface area (Å²) in [7, 11) is 0. The third-order valence-corrected chi connectivity index (χ3v) is 8.47. The molecule has 1 saturated carbocycles. The Kier molecular flexibility index (Phi) is 6.71. The van der Waals surface area contributed by atoms with E-state index in [1.54, 1.807) is 0 Å². The molecule has 5 aromatic rings. The standard InChI is InChI=1S/C37H33N3O2/c1-26-18-20-29(21-19-26)36-33-17-10-24-38(33)31-15-8-9-16-32(31)40(36)34(41)25-39(30-22-23-30)37(42)35(27-11-4-2-5-12-27)28-13-6-3-7-14-28/h2-21,24,30,35-36H,22-23,25H2,1H3. The first kappa shape index (κ1) is 26.0. The highest BCUT2D eigenvalue weighted by Gasteiger charge is 2.42. The summed E-state index contributed by atoms with van der Waals surface area (Å²) in [5, 5.41) is 0. The van der Waals surface area contributed by atoms with E-state index in [0.717, 1.165) is 46.6 Å². The van der Waals surface area contributed by atoms with Gasteiger partial charge in [-0.15, -0.1) is 0 Å². The largest absolute Gasteiger partial charge is 0.330 e. The average molecular weight is 552 g/mol. The van der Waals surface area contributed by atoms with Crippen LogP contribution in [0.15, 0.2) is 128 Å². The van der Waals surface area contributed by atoms with E-state index < -0.39 is 5.92 Å². The van der Waals surface area contributed by atoms with Gasteiger partial charge in [0, 0.05) is 12.2 Å². The van der Waals surface area contributed by atoms with E-state index in [2.05, 4.69) is 54.1 Å². The third kappa shape index (κ3) is 4.71. The Balaban J connectivity index is 1.28. The number of amides is 2. The Morgan fingerprint density at radius 2 is 1.33 bits per heavy atom. The van der Waals surface area contributed by atoms with Crippen molar-refractivity contribution in [3.8, 4) is 5.69 Å². The maximum atomic E-state index is 14.6. The summed E-state index contributed by atoms with van der Waals surface area (Å²) < 4.78 is 2.17. The van der Waals surface area contributed by atoms with E-state index in [9.17, 15) is 9.59 Å². The SMILES string of the molecule is Cc1ccc(C2c3cccn3-c3ccccc3N2C(=O)CN(C(=O)C(c2ccccc2)c2ccccc2)C2CC2)cc1. The molecule has 0 bridgehead atoms. The summed E-state index contributed by atoms with van der Waals surface area (Å²) in [5.41, 5.74) is 6.92. The number of hydrogen-bond acceptors (Lipinski definition) is 2. The lowest BCUT2D eigenvalue weighted by Crippen LogP contribution is -2.48. The molecule has 0 radical (unpaired) electrons. The Bertz CT molecular complexity index is 1680. The summed E-state index contributed by atoms with van der Waals surface area (Å²) in [6.07, 6.45) is 3.88. The van der Waals surface area contributed by atoms with Crippen LogP contribution in [0.1, 0.15) is 52.7 Å². The highest BCUT2D eigenvalue weighted by Crippen LogP contribution is 2.43. The van der Waals surface area contributed by atoms with Gasteiger partial charge in [0.2, 0.25) is 11.8 Å². The molecule has 0 saturated heterocycles. The minimum atomic E-state index is -0.473. The van der Waals surface area contributed by atoms with Crippen LogP contribution in [0.5, 0.6) is 0 Å². The van der Waals surface area contributed by atoms with Crippen LogP contribution in [0.25, 0.3) is 5.69 Å². The van der Waals surface area contributed by atoms with Crippen molar-refractivity contribution < 1.29 is 9.59 Å². The molecule has 0 spiro atoms. The molecule has 2 amide bonds. The van der Waals surface area contributed by atoms with E-state index in [-0.39, 0.29) is 30.4 Å². The highest BCUT2D eigenvalue weighted by atomic mass is 16.2. The van der Waals surface area contributed by atoms with Crippen molar-refractivity contribution in [1.29, 1.82) is 0 Å². The van der Waals surface area contributed by atoms with Crippen LogP contribution >= 0.6 is 0 Å². The number of anilines is 1. The van der Waals surface area contributed by atoms with E-state index >= 15 is 0 Å². The van der Waals surface area contributed by atoms with E-state index in [1.807, 2.05) is 94.7 Å². The first-order valence-corrected chi connectivity index (χ1v) is 14.7. The Morgan fingerprint density at radius 3 is 1.95 bits per heavy atom. The number of aryl methyl sites for hydroxylation is 1. The zero-order valence-electron chi connectivity index (χ0n) is 23.6. The molecule has 7 rings (SSSR count). The molecule has 1 atom stereocenters. The van der Waals surface area contributed by atoms with Gasteiger partial charge in [-0.25, -0.2) is 0 Å². The average Bonchev–Trinajstić information content (AvgIpc) is 3.75. The van der Waals surface area contributed by atoms with Crippen molar-refractivity contribution >= 4 is 17.5 Å². The monoisotopic (exact) mass is 551 g/mol. The van der Waals surface area contributed by atoms with Crippen LogP contribution in [0.2, 0.25) is 0 Å². The second-order valence-corrected chi connectivity index (χ2v) is 11.3. The molecule has 1 aromatic heterocycles. The number of carbonyl (C=O) groups excluding carboxylic acids is 2. The van der Waals surface area contributed by atoms with Crippen molar-refractivity contribution in [2.75, 3.05) is 11.4 Å². The summed E-state index contributed by atoms with van der Waals surface area (Å²) in [6, 6.07) is 40.2. The minimum Gasteiger partial charge on any atom is -0.330 e. The second kappa shape index (κ2) is 10.8. The normalized spacial score (nSPS) is 15.7. The lowest BCUT2D eigenvalue weighted by Gasteiger charge is -2.40. The maximum absolute atomic E-state index is 14.6. The third-order valence-electron chi connectivity index (χ3n) is 8.47. The van der Waals surface area contributed by atoms with Crippen molar-refractivity contribution in [2.24, 2.45) is 0 Å². The van der Waals surface area contributed by atoms with Gasteiger partial charge >= 0.3 is 0 Å². The van der Waals surface area contributed by atoms with E-state index in [0.29, 0.717) is 0 Å². The Morgan fingerprint density at radius 1 is 0.738 bits per heavy atom. The number of para-hydroxylation sites is 2. The summed E-state index contributed by atoms with van der Waals surface area (Å²) in [5.74, 6) is -0.580. The van der Waals surface area contributed by atoms with Crippen LogP contribution in [-0.2, 0) is 9.59 Å². The molecule has 1 fully saturated rings. The number of rotatable bonds is 7. The molecular formula is C37H33N3O2. The van der Waals surface area contributed by atoms with Crippen LogP contribution in [0.4, 0.5) is 5.69 Å². The topological polar surface area (TPSA) is 45.6 Å². The van der Waals surface area contributed by atoms with Gasteiger partial charge in [-0.3, -0.25) is 14.5 Å². The smallest absolute Gasteiger partial charge is 0.247 e. The van der Waals surface area contributed by atoms with Gasteiger partial charge in [-0.05, 0) is 60.7 Å². The molecule has 4 aromatic carbocycles. The zero-order chi connectivity index (χ0) is 28.6. The van der Waals surface area contributed by atoms with E-state index in [1.165, 1.54) is 5.56 Å². The lowest BCUT2D eigenvalue weighted by molar-refractivity contribution is -0.136. The van der Waals surface area contributed by atoms with Gasteiger partial charge in [-0.2, -0.15) is 0 Å². The zero-order valence-corrected chi connectivity index (χ0v) is 23.6. The van der Waals surface area contributed by atoms with Crippen molar-refractivity contribution in [3.05, 3.63) is 155 Å². The molecule has 2 aliphatic rings. The number of hydrogen-bond donors (Lipinski definition) is 0. The van der Waals surface area contributed by atoms with Crippen molar-refractivity contribution in [3.63, 3.8) is 0 Å². The number of fused-ring (bicyclic) bond motifs is 3. The number of nitrogens with zero attached hydrogens (tertiary/aromatic N) is 3. The van der Waals surface area contributed by atoms with Gasteiger partial charge in [0.15, 0.2) is 0 Å². The Labute approximate surface area is 246 Å². The van der Waals surface area contributed by atoms with Crippen LogP contribution in [0.3, 0.4) is 0 Å². The fourth-order valence-corrected chi connectivity index (χ4v) is 6.26.